The Kier molecular flexibility index (Phi) is 23.3. The number of aromatic amines is 3. The van der Waals surface area contributed by atoms with Crippen LogP contribution in [0.4, 0.5) is 38.9 Å². The smallest absolute Gasteiger partial charge is 0.264 e. The zero-order chi connectivity index (χ0) is 86.4. The number of aromatic nitrogens is 10. The SMILES string of the molecule is CN(C)C/C=C/C(=O)Nc1c(F)ccc2c1OCc1[nH]c(=O)c3c(N)n(-c4ccc(Oc5ccccc5)cc4)nc3c1-2.CN(C)C/C=C/C(=O)Nc1cccc2c1COc1[nH]c(=O)c3c(N)n(-c4ccc(Oc5ccccc5)cc4)nc3c1-2.CN(C)C/C=C/C(=O)Nc1ccnc2c1COc1[nH]c(=O)c3c(N)n(-c4ccc(Oc5ccccc5)cc4)nc3c1-2. The number of carbonyl (C=O) groups is 3. The van der Waals surface area contributed by atoms with Crippen LogP contribution in [0.25, 0.3) is 83.3 Å². The molecule has 0 spiro atoms. The Labute approximate surface area is 706 Å². The lowest BCUT2D eigenvalue weighted by Crippen LogP contribution is -2.19. The molecule has 624 valence electrons. The molecular formula is C92H82FN19O12. The Bertz CT molecular complexity index is 6610. The summed E-state index contributed by atoms with van der Waals surface area (Å²) in [6.07, 6.45) is 11.2. The molecule has 0 bridgehead atoms. The number of halogens is 1. The van der Waals surface area contributed by atoms with Gasteiger partial charge in [-0.15, -0.1) is 0 Å². The molecule has 0 radical (unpaired) electrons. The molecule has 8 aromatic carbocycles. The van der Waals surface area contributed by atoms with Gasteiger partial charge in [0.25, 0.3) is 16.7 Å². The molecule has 0 unspecified atom stereocenters. The number of nitrogens with one attached hydrogen (secondary N) is 6. The summed E-state index contributed by atoms with van der Waals surface area (Å²) >= 11 is 0. The Hall–Kier alpha value is -16.2. The molecule has 0 saturated heterocycles. The first-order valence-corrected chi connectivity index (χ1v) is 39.1. The number of nitrogens with zero attached hydrogens (tertiary/aromatic N) is 10. The van der Waals surface area contributed by atoms with Gasteiger partial charge >= 0.3 is 0 Å². The van der Waals surface area contributed by atoms with Crippen molar-refractivity contribution in [2.75, 3.05) is 95.1 Å². The van der Waals surface area contributed by atoms with Gasteiger partial charge in [0.15, 0.2) is 11.6 Å². The number of likely N-dealkylation sites (N-methyl/N-ethyl adjacent to an activating group) is 3. The number of benzene rings is 8. The van der Waals surface area contributed by atoms with E-state index in [1.165, 1.54) is 44.4 Å². The van der Waals surface area contributed by atoms with Gasteiger partial charge in [-0.25, -0.2) is 18.4 Å². The number of hydrogen-bond donors (Lipinski definition) is 9. The normalized spacial score (nSPS) is 12.3. The summed E-state index contributed by atoms with van der Waals surface area (Å²) in [7, 11) is 11.4. The topological polar surface area (TPSA) is 395 Å². The number of carbonyl (C=O) groups excluding carboxylic acids is 3. The van der Waals surface area contributed by atoms with Crippen molar-refractivity contribution in [2.24, 2.45) is 0 Å². The van der Waals surface area contributed by atoms with Gasteiger partial charge in [0, 0.05) is 72.0 Å². The molecule has 124 heavy (non-hydrogen) atoms. The number of fused-ring (bicyclic) bond motifs is 15. The summed E-state index contributed by atoms with van der Waals surface area (Å²) in [5.74, 6) is 3.57. The fourth-order valence-electron chi connectivity index (χ4n) is 14.2. The number of hydrogen-bond acceptors (Lipinski definition) is 22. The van der Waals surface area contributed by atoms with E-state index in [0.29, 0.717) is 138 Å². The summed E-state index contributed by atoms with van der Waals surface area (Å²) in [5.41, 5.74) is 27.6. The largest absolute Gasteiger partial charge is 0.484 e. The van der Waals surface area contributed by atoms with Gasteiger partial charge in [-0.2, -0.15) is 15.3 Å². The number of para-hydroxylation sites is 3. The number of H-pyrrole nitrogens is 3. The van der Waals surface area contributed by atoms with Crippen LogP contribution in [0.1, 0.15) is 16.8 Å². The van der Waals surface area contributed by atoms with Crippen molar-refractivity contribution < 1.29 is 47.2 Å². The van der Waals surface area contributed by atoms with Crippen LogP contribution in [-0.2, 0) is 34.2 Å². The average molecular weight is 1660 g/mol. The van der Waals surface area contributed by atoms with Crippen molar-refractivity contribution in [3.05, 3.63) is 297 Å². The van der Waals surface area contributed by atoms with Crippen LogP contribution in [-0.4, -0.2) is 144 Å². The van der Waals surface area contributed by atoms with Crippen LogP contribution in [0.2, 0.25) is 0 Å². The molecule has 31 nitrogen and oxygen atoms in total. The number of ether oxygens (including phenoxy) is 6. The summed E-state index contributed by atoms with van der Waals surface area (Å²) in [4.78, 5) is 95.7. The summed E-state index contributed by atoms with van der Waals surface area (Å²) in [6, 6.07) is 60.0. The predicted octanol–water partition coefficient (Wildman–Crippen LogP) is 13.6. The van der Waals surface area contributed by atoms with Crippen LogP contribution in [0.3, 0.4) is 0 Å². The van der Waals surface area contributed by atoms with E-state index in [2.05, 4.69) is 35.9 Å². The second-order valence-electron chi connectivity index (χ2n) is 29.6. The minimum absolute atomic E-state index is 0.0609. The molecule has 18 rings (SSSR count). The number of nitrogens with two attached hydrogens (primary N) is 3. The summed E-state index contributed by atoms with van der Waals surface area (Å²) in [6.45, 7) is 2.04. The molecular weight excluding hydrogens is 1580 g/mol. The Morgan fingerprint density at radius 3 is 1.28 bits per heavy atom. The lowest BCUT2D eigenvalue weighted by molar-refractivity contribution is -0.112. The molecule has 0 aliphatic carbocycles. The number of anilines is 6. The number of amides is 3. The molecule has 0 fully saturated rings. The number of pyridine rings is 4. The van der Waals surface area contributed by atoms with Gasteiger partial charge in [-0.05, 0) is 181 Å². The second kappa shape index (κ2) is 35.4. The van der Waals surface area contributed by atoms with E-state index < -0.39 is 28.4 Å². The van der Waals surface area contributed by atoms with Crippen molar-refractivity contribution >= 4 is 84.9 Å². The molecule has 10 heterocycles. The molecule has 3 amide bonds. The first kappa shape index (κ1) is 81.5. The van der Waals surface area contributed by atoms with E-state index in [4.69, 9.17) is 60.9 Å². The van der Waals surface area contributed by atoms with Crippen molar-refractivity contribution in [3.8, 4) is 103 Å². The van der Waals surface area contributed by atoms with Crippen LogP contribution >= 0.6 is 0 Å². The Morgan fingerprint density at radius 1 is 0.435 bits per heavy atom. The highest BCUT2D eigenvalue weighted by Gasteiger charge is 2.33. The molecule has 12 N–H and O–H groups in total. The van der Waals surface area contributed by atoms with Crippen LogP contribution in [0.15, 0.2) is 257 Å². The zero-order valence-electron chi connectivity index (χ0n) is 67.8. The molecule has 7 aromatic heterocycles. The van der Waals surface area contributed by atoms with Crippen molar-refractivity contribution in [3.63, 3.8) is 0 Å². The van der Waals surface area contributed by atoms with Gasteiger partial charge in [0.1, 0.15) is 110 Å². The third kappa shape index (κ3) is 17.2. The third-order valence-corrected chi connectivity index (χ3v) is 20.0. The van der Waals surface area contributed by atoms with E-state index in [9.17, 15) is 33.2 Å². The number of nitrogen functional groups attached to an aromatic ring is 3. The highest BCUT2D eigenvalue weighted by atomic mass is 19.1. The van der Waals surface area contributed by atoms with Crippen molar-refractivity contribution in [1.29, 1.82) is 0 Å². The molecule has 32 heteroatoms. The van der Waals surface area contributed by atoms with E-state index in [-0.39, 0.29) is 82.6 Å². The van der Waals surface area contributed by atoms with Gasteiger partial charge in [0.2, 0.25) is 29.5 Å². The number of rotatable bonds is 21. The maximum absolute atomic E-state index is 15.0. The minimum atomic E-state index is -0.657. The first-order chi connectivity index (χ1) is 60.1. The average Bonchev–Trinajstić information content (AvgIpc) is 1.59. The fraction of sp³-hybridized carbons (Fsp3) is 0.130. The molecule has 3 aliphatic rings. The van der Waals surface area contributed by atoms with Gasteiger partial charge in [-0.3, -0.25) is 43.7 Å². The zero-order valence-corrected chi connectivity index (χ0v) is 67.8. The van der Waals surface area contributed by atoms with Gasteiger partial charge in [-0.1, -0.05) is 85.0 Å². The van der Waals surface area contributed by atoms with Crippen LogP contribution in [0.5, 0.6) is 52.0 Å². The summed E-state index contributed by atoms with van der Waals surface area (Å²) in [5, 5.41) is 23.3. The standard InChI is InChI=1S/C31H27FN6O4.C31H28N6O4.C30H27N7O4/c1-37(2)16-6-9-24(39)35-27-22(32)15-14-21-25-23(17-41-29(21)27)34-31(40)26-28(25)36-38(30(26)33)18-10-12-20(13-11-18)42-19-7-4-3-5-8-19;1-36(2)17-7-12-25(38)33-24-11-6-10-22-23(24)18-40-31-26(22)28-27(30(39)34-31)29(32)37(35-28)19-13-15-21(16-14-19)41-20-8-4-3-5-9-20;1-36(2)16-6-9-23(38)33-22-14-15-32-26-21(22)17-40-30-24(26)27-25(29(39)34-30)28(31)37(35-27)18-10-12-20(13-11-18)41-19-7-4-3-5-8-19/h3-15H,16-17,33H2,1-2H3,(H,34,40)(H,35,39);3-16H,17-18,32H2,1-2H3,(H,33,38)(H,34,39);3-15H,16-17,31H2,1-2H3,(H,34,39)(H,32,33,38)/b9-6+;12-7+;9-6+. The van der Waals surface area contributed by atoms with E-state index in [1.54, 1.807) is 79.0 Å². The quantitative estimate of drug-likeness (QED) is 0.0302. The third-order valence-electron chi connectivity index (χ3n) is 20.0. The Balaban J connectivity index is 0.000000137. The monoisotopic (exact) mass is 1660 g/mol. The van der Waals surface area contributed by atoms with Crippen molar-refractivity contribution in [2.45, 2.75) is 19.8 Å². The van der Waals surface area contributed by atoms with Gasteiger partial charge in [0.05, 0.1) is 45.3 Å². The van der Waals surface area contributed by atoms with Gasteiger partial charge < -0.3 is 81.3 Å². The molecule has 0 saturated carbocycles. The fourth-order valence-corrected chi connectivity index (χ4v) is 14.2. The van der Waals surface area contributed by atoms with Crippen LogP contribution in [0, 0.1) is 5.82 Å². The lowest BCUT2D eigenvalue weighted by Gasteiger charge is -2.23. The Morgan fingerprint density at radius 2 is 0.831 bits per heavy atom. The highest BCUT2D eigenvalue weighted by molar-refractivity contribution is 6.08. The van der Waals surface area contributed by atoms with Crippen molar-refractivity contribution in [1.82, 2.24) is 64.0 Å². The van der Waals surface area contributed by atoms with Crippen LogP contribution < -0.4 is 78.3 Å². The highest BCUT2D eigenvalue weighted by Crippen LogP contribution is 2.48. The predicted molar refractivity (Wildman–Crippen MR) is 474 cm³/mol. The molecule has 0 atom stereocenters. The van der Waals surface area contributed by atoms with E-state index >= 15 is 0 Å². The molecule has 3 aliphatic heterocycles. The summed E-state index contributed by atoms with van der Waals surface area (Å²) < 4.78 is 54.9. The second-order valence-corrected chi connectivity index (χ2v) is 29.6. The maximum Gasteiger partial charge on any atom is 0.264 e. The van der Waals surface area contributed by atoms with E-state index in [1.807, 2.05) is 190 Å². The first-order valence-electron chi connectivity index (χ1n) is 39.1. The van der Waals surface area contributed by atoms with E-state index in [0.717, 1.165) is 16.9 Å². The lowest BCUT2D eigenvalue weighted by atomic mass is 9.96. The minimum Gasteiger partial charge on any atom is -0.484 e. The molecule has 15 aromatic rings. The maximum atomic E-state index is 15.0.